The van der Waals surface area contributed by atoms with Crippen molar-refractivity contribution < 1.29 is 14.7 Å². The maximum atomic E-state index is 12.0. The lowest BCUT2D eigenvalue weighted by Crippen LogP contribution is -2.49. The van der Waals surface area contributed by atoms with Crippen LogP contribution in [0.2, 0.25) is 10.3 Å². The summed E-state index contributed by atoms with van der Waals surface area (Å²) in [7, 11) is 0. The van der Waals surface area contributed by atoms with E-state index in [-0.39, 0.29) is 15.9 Å². The molecule has 1 heterocycles. The summed E-state index contributed by atoms with van der Waals surface area (Å²) in [5.41, 5.74) is -0.546. The van der Waals surface area contributed by atoms with Crippen LogP contribution in [0.15, 0.2) is 12.1 Å². The van der Waals surface area contributed by atoms with Gasteiger partial charge in [-0.3, -0.25) is 4.79 Å². The van der Waals surface area contributed by atoms with Crippen LogP contribution in [0.4, 0.5) is 0 Å². The number of amides is 1. The molecule has 0 spiro atoms. The van der Waals surface area contributed by atoms with E-state index in [1.807, 2.05) is 0 Å². The van der Waals surface area contributed by atoms with Crippen molar-refractivity contribution in [3.05, 3.63) is 28.0 Å². The molecular weight excluding hydrogens is 291 g/mol. The van der Waals surface area contributed by atoms with Gasteiger partial charge in [-0.05, 0) is 17.5 Å². The summed E-state index contributed by atoms with van der Waals surface area (Å²) in [5.74, 6) is -1.71. The van der Waals surface area contributed by atoms with Gasteiger partial charge in [0.15, 0.2) is 0 Å². The second-order valence-electron chi connectivity index (χ2n) is 5.08. The number of carbonyl (C=O) groups excluding carboxylic acids is 1. The Morgan fingerprint density at radius 3 is 2.32 bits per heavy atom. The average molecular weight is 305 g/mol. The Morgan fingerprint density at radius 1 is 1.32 bits per heavy atom. The van der Waals surface area contributed by atoms with Crippen molar-refractivity contribution in [3.63, 3.8) is 0 Å². The van der Waals surface area contributed by atoms with Crippen LogP contribution in [0.5, 0.6) is 0 Å². The van der Waals surface area contributed by atoms with Crippen LogP contribution >= 0.6 is 23.2 Å². The second-order valence-corrected chi connectivity index (χ2v) is 5.83. The zero-order chi connectivity index (χ0) is 14.8. The lowest BCUT2D eigenvalue weighted by Gasteiger charge is -2.27. The lowest BCUT2D eigenvalue weighted by atomic mass is 9.86. The molecule has 1 amide bonds. The van der Waals surface area contributed by atoms with Crippen molar-refractivity contribution >= 4 is 35.1 Å². The van der Waals surface area contributed by atoms with Crippen LogP contribution in [0.3, 0.4) is 0 Å². The molecule has 1 aromatic rings. The first-order valence-corrected chi connectivity index (χ1v) is 6.24. The monoisotopic (exact) mass is 304 g/mol. The molecule has 104 valence electrons. The molecule has 0 unspecified atom stereocenters. The van der Waals surface area contributed by atoms with Gasteiger partial charge in [0.2, 0.25) is 0 Å². The number of pyridine rings is 1. The number of carbonyl (C=O) groups is 2. The summed E-state index contributed by atoms with van der Waals surface area (Å²) in [5, 5.41) is 11.7. The number of carboxylic acid groups (broad SMARTS) is 1. The van der Waals surface area contributed by atoms with Crippen molar-refractivity contribution in [3.8, 4) is 0 Å². The molecule has 0 fully saturated rings. The Hall–Kier alpha value is -1.33. The molecular formula is C12H14Cl2N2O3. The predicted molar refractivity (Wildman–Crippen MR) is 72.6 cm³/mol. The van der Waals surface area contributed by atoms with Crippen molar-refractivity contribution in [1.29, 1.82) is 0 Å². The second kappa shape index (κ2) is 5.75. The number of halogens is 2. The van der Waals surface area contributed by atoms with Crippen molar-refractivity contribution in [1.82, 2.24) is 10.3 Å². The Morgan fingerprint density at radius 2 is 1.89 bits per heavy atom. The highest BCUT2D eigenvalue weighted by molar-refractivity contribution is 6.34. The van der Waals surface area contributed by atoms with Crippen LogP contribution in [-0.2, 0) is 4.79 Å². The van der Waals surface area contributed by atoms with Crippen LogP contribution < -0.4 is 5.32 Å². The highest BCUT2D eigenvalue weighted by Gasteiger charge is 2.33. The van der Waals surface area contributed by atoms with E-state index in [2.05, 4.69) is 10.3 Å². The number of nitrogens with zero attached hydrogens (tertiary/aromatic N) is 1. The highest BCUT2D eigenvalue weighted by Crippen LogP contribution is 2.21. The van der Waals surface area contributed by atoms with Gasteiger partial charge in [0.05, 0.1) is 5.56 Å². The third-order valence-electron chi connectivity index (χ3n) is 2.45. The van der Waals surface area contributed by atoms with Gasteiger partial charge in [-0.25, -0.2) is 9.78 Å². The lowest BCUT2D eigenvalue weighted by molar-refractivity contribution is -0.142. The summed E-state index contributed by atoms with van der Waals surface area (Å²) < 4.78 is 0. The van der Waals surface area contributed by atoms with Crippen LogP contribution in [0, 0.1) is 5.41 Å². The average Bonchev–Trinajstić information content (AvgIpc) is 2.23. The van der Waals surface area contributed by atoms with Crippen LogP contribution in [0.1, 0.15) is 31.1 Å². The number of nitrogens with one attached hydrogen (secondary N) is 1. The molecule has 1 atom stereocenters. The zero-order valence-electron chi connectivity index (χ0n) is 10.7. The Balaban J connectivity index is 2.98. The summed E-state index contributed by atoms with van der Waals surface area (Å²) in [6.07, 6.45) is 0. The zero-order valence-corrected chi connectivity index (χ0v) is 12.2. The van der Waals surface area contributed by atoms with E-state index in [0.29, 0.717) is 0 Å². The first-order valence-electron chi connectivity index (χ1n) is 5.48. The fraction of sp³-hybridized carbons (Fsp3) is 0.417. The van der Waals surface area contributed by atoms with Gasteiger partial charge < -0.3 is 10.4 Å². The van der Waals surface area contributed by atoms with Crippen molar-refractivity contribution in [2.24, 2.45) is 5.41 Å². The van der Waals surface area contributed by atoms with Gasteiger partial charge >= 0.3 is 5.97 Å². The SMILES string of the molecule is CC(C)(C)[C@H](NC(=O)c1ccc(Cl)nc1Cl)C(=O)O. The van der Waals surface area contributed by atoms with E-state index in [4.69, 9.17) is 28.3 Å². The van der Waals surface area contributed by atoms with E-state index >= 15 is 0 Å². The molecule has 2 N–H and O–H groups in total. The van der Waals surface area contributed by atoms with Crippen LogP contribution in [-0.4, -0.2) is 28.0 Å². The normalized spacial score (nSPS) is 12.9. The Bertz CT molecular complexity index is 512. The van der Waals surface area contributed by atoms with Gasteiger partial charge in [0.1, 0.15) is 16.3 Å². The minimum atomic E-state index is -1.11. The van der Waals surface area contributed by atoms with Gasteiger partial charge in [-0.2, -0.15) is 0 Å². The molecule has 0 aromatic carbocycles. The summed E-state index contributed by atoms with van der Waals surface area (Å²) >= 11 is 11.4. The van der Waals surface area contributed by atoms with Crippen LogP contribution in [0.25, 0.3) is 0 Å². The molecule has 0 aliphatic carbocycles. The molecule has 1 aromatic heterocycles. The fourth-order valence-corrected chi connectivity index (χ4v) is 1.87. The standard InChI is InChI=1S/C12H14Cl2N2O3/c1-12(2,3)8(11(18)19)16-10(17)6-4-5-7(13)15-9(6)14/h4-5,8H,1-3H3,(H,16,17)(H,18,19)/t8-/m1/s1. The third kappa shape index (κ3) is 4.08. The van der Waals surface area contributed by atoms with Crippen molar-refractivity contribution in [2.75, 3.05) is 0 Å². The molecule has 0 aliphatic rings. The molecule has 0 saturated carbocycles. The van der Waals surface area contributed by atoms with E-state index in [9.17, 15) is 9.59 Å². The fourth-order valence-electron chi connectivity index (χ4n) is 1.44. The van der Waals surface area contributed by atoms with E-state index in [0.717, 1.165) is 0 Å². The topological polar surface area (TPSA) is 79.3 Å². The Kier molecular flexibility index (Phi) is 4.76. The highest BCUT2D eigenvalue weighted by atomic mass is 35.5. The molecule has 0 bridgehead atoms. The molecule has 19 heavy (non-hydrogen) atoms. The number of rotatable bonds is 3. The minimum Gasteiger partial charge on any atom is -0.480 e. The predicted octanol–water partition coefficient (Wildman–Crippen LogP) is 2.62. The van der Waals surface area contributed by atoms with Gasteiger partial charge in [0, 0.05) is 0 Å². The van der Waals surface area contributed by atoms with E-state index in [1.165, 1.54) is 12.1 Å². The minimum absolute atomic E-state index is 0.0666. The Labute approximate surface area is 120 Å². The number of carboxylic acids is 1. The largest absolute Gasteiger partial charge is 0.480 e. The smallest absolute Gasteiger partial charge is 0.326 e. The first kappa shape index (κ1) is 15.7. The summed E-state index contributed by atoms with van der Waals surface area (Å²) in [4.78, 5) is 26.9. The van der Waals surface area contributed by atoms with E-state index in [1.54, 1.807) is 20.8 Å². The molecule has 5 nitrogen and oxygen atoms in total. The maximum absolute atomic E-state index is 12.0. The van der Waals surface area contributed by atoms with Gasteiger partial charge in [-0.15, -0.1) is 0 Å². The van der Waals surface area contributed by atoms with Gasteiger partial charge in [-0.1, -0.05) is 44.0 Å². The first-order chi connectivity index (χ1) is 8.62. The van der Waals surface area contributed by atoms with E-state index < -0.39 is 23.3 Å². The third-order valence-corrected chi connectivity index (χ3v) is 2.95. The summed E-state index contributed by atoms with van der Waals surface area (Å²) in [6.45, 7) is 5.15. The van der Waals surface area contributed by atoms with Gasteiger partial charge in [0.25, 0.3) is 5.91 Å². The number of hydrogen-bond acceptors (Lipinski definition) is 3. The number of aromatic nitrogens is 1. The number of hydrogen-bond donors (Lipinski definition) is 2. The molecule has 7 heteroatoms. The molecule has 0 radical (unpaired) electrons. The number of aliphatic carboxylic acids is 1. The molecule has 1 rings (SSSR count). The quantitative estimate of drug-likeness (QED) is 0.841. The summed E-state index contributed by atoms with van der Waals surface area (Å²) in [6, 6.07) is 1.77. The maximum Gasteiger partial charge on any atom is 0.326 e. The van der Waals surface area contributed by atoms with Crippen molar-refractivity contribution in [2.45, 2.75) is 26.8 Å². The molecule has 0 aliphatic heterocycles. The molecule has 0 saturated heterocycles.